The Bertz CT molecular complexity index is 377. The molecule has 0 fully saturated rings. The van der Waals surface area contributed by atoms with Crippen LogP contribution >= 0.6 is 0 Å². The summed E-state index contributed by atoms with van der Waals surface area (Å²) in [6.45, 7) is 1.80. The minimum atomic E-state index is -0.226. The molecule has 3 N–H and O–H groups in total. The van der Waals surface area contributed by atoms with Crippen LogP contribution in [0.25, 0.3) is 11.5 Å². The van der Waals surface area contributed by atoms with Gasteiger partial charge in [-0.05, 0) is 19.1 Å². The molecular weight excluding hydrogens is 168 g/mol. The van der Waals surface area contributed by atoms with Crippen molar-refractivity contribution in [1.29, 1.82) is 0 Å². The predicted molar refractivity (Wildman–Crippen MR) is 46.7 cm³/mol. The maximum atomic E-state index is 5.57. The Morgan fingerprint density at radius 3 is 3.00 bits per heavy atom. The largest absolute Gasteiger partial charge is 0.359 e. The summed E-state index contributed by atoms with van der Waals surface area (Å²) in [5.41, 5.74) is 6.40. The van der Waals surface area contributed by atoms with E-state index in [4.69, 9.17) is 10.3 Å². The van der Waals surface area contributed by atoms with Crippen molar-refractivity contribution in [2.45, 2.75) is 13.0 Å². The summed E-state index contributed by atoms with van der Waals surface area (Å²) in [6.07, 6.45) is 1.80. The van der Waals surface area contributed by atoms with Crippen molar-refractivity contribution in [3.05, 3.63) is 24.2 Å². The lowest BCUT2D eigenvalue weighted by Gasteiger charge is -1.92. The van der Waals surface area contributed by atoms with E-state index in [-0.39, 0.29) is 6.04 Å². The first-order valence-electron chi connectivity index (χ1n) is 4.00. The fourth-order valence-electron chi connectivity index (χ4n) is 0.999. The van der Waals surface area contributed by atoms with Crippen molar-refractivity contribution < 1.29 is 4.52 Å². The molecule has 5 heteroatoms. The first kappa shape index (κ1) is 8.00. The van der Waals surface area contributed by atoms with Crippen LogP contribution in [0.15, 0.2) is 22.9 Å². The molecule has 0 aliphatic carbocycles. The second-order valence-corrected chi connectivity index (χ2v) is 2.83. The Morgan fingerprint density at radius 2 is 2.46 bits per heavy atom. The van der Waals surface area contributed by atoms with Gasteiger partial charge in [-0.25, -0.2) is 0 Å². The van der Waals surface area contributed by atoms with Crippen molar-refractivity contribution in [3.63, 3.8) is 0 Å². The molecule has 68 valence electrons. The molecule has 0 aliphatic heterocycles. The second-order valence-electron chi connectivity index (χ2n) is 2.83. The molecule has 13 heavy (non-hydrogen) atoms. The van der Waals surface area contributed by atoms with Gasteiger partial charge in [-0.2, -0.15) is 4.98 Å². The Labute approximate surface area is 75.0 Å². The van der Waals surface area contributed by atoms with E-state index in [0.29, 0.717) is 11.7 Å². The van der Waals surface area contributed by atoms with E-state index in [1.54, 1.807) is 13.1 Å². The number of nitrogens with one attached hydrogen (secondary N) is 1. The number of hydrogen-bond acceptors (Lipinski definition) is 4. The second kappa shape index (κ2) is 3.02. The highest BCUT2D eigenvalue weighted by atomic mass is 16.5. The molecule has 2 aromatic rings. The van der Waals surface area contributed by atoms with Crippen LogP contribution in [0.2, 0.25) is 0 Å². The van der Waals surface area contributed by atoms with Crippen LogP contribution in [0.1, 0.15) is 18.9 Å². The van der Waals surface area contributed by atoms with Gasteiger partial charge in [0.15, 0.2) is 0 Å². The van der Waals surface area contributed by atoms with Gasteiger partial charge in [0.05, 0.1) is 11.7 Å². The molecule has 2 rings (SSSR count). The van der Waals surface area contributed by atoms with E-state index in [1.165, 1.54) is 0 Å². The van der Waals surface area contributed by atoms with E-state index in [0.717, 1.165) is 5.69 Å². The van der Waals surface area contributed by atoms with Gasteiger partial charge in [0, 0.05) is 6.20 Å². The summed E-state index contributed by atoms with van der Waals surface area (Å²) in [5.74, 6) is 0.988. The van der Waals surface area contributed by atoms with E-state index >= 15 is 0 Å². The van der Waals surface area contributed by atoms with E-state index < -0.39 is 0 Å². The fourth-order valence-corrected chi connectivity index (χ4v) is 0.999. The van der Waals surface area contributed by atoms with Crippen LogP contribution in [0, 0.1) is 0 Å². The zero-order valence-corrected chi connectivity index (χ0v) is 7.19. The molecule has 5 nitrogen and oxygen atoms in total. The van der Waals surface area contributed by atoms with Gasteiger partial charge in [0.1, 0.15) is 0 Å². The molecule has 0 aliphatic rings. The molecule has 2 heterocycles. The lowest BCUT2D eigenvalue weighted by atomic mass is 10.3. The summed E-state index contributed by atoms with van der Waals surface area (Å²) in [4.78, 5) is 7.10. The minimum Gasteiger partial charge on any atom is -0.359 e. The van der Waals surface area contributed by atoms with Crippen molar-refractivity contribution in [2.24, 2.45) is 5.73 Å². The van der Waals surface area contributed by atoms with Crippen LogP contribution in [-0.2, 0) is 0 Å². The molecule has 0 amide bonds. The third-order valence-corrected chi connectivity index (χ3v) is 1.67. The van der Waals surface area contributed by atoms with Crippen LogP contribution < -0.4 is 5.73 Å². The third-order valence-electron chi connectivity index (χ3n) is 1.67. The monoisotopic (exact) mass is 178 g/mol. The number of rotatable bonds is 2. The van der Waals surface area contributed by atoms with Gasteiger partial charge in [0.2, 0.25) is 11.7 Å². The number of aromatic amines is 1. The molecule has 0 radical (unpaired) electrons. The maximum Gasteiger partial charge on any atom is 0.243 e. The standard InChI is InChI=1S/C8H10N4O/c1-5(9)8-11-7(12-13-8)6-3-2-4-10-6/h2-5,10H,9H2,1H3/t5-/m1/s1. The van der Waals surface area contributed by atoms with Crippen molar-refractivity contribution in [3.8, 4) is 11.5 Å². The number of aromatic nitrogens is 3. The van der Waals surface area contributed by atoms with Crippen LogP contribution in [0.3, 0.4) is 0 Å². The SMILES string of the molecule is C[C@@H](N)c1nc(-c2ccc[nH]2)no1. The lowest BCUT2D eigenvalue weighted by molar-refractivity contribution is 0.362. The molecule has 1 atom stereocenters. The van der Waals surface area contributed by atoms with Gasteiger partial charge in [0.25, 0.3) is 0 Å². The Hall–Kier alpha value is -1.62. The van der Waals surface area contributed by atoms with Crippen LogP contribution in [0.4, 0.5) is 0 Å². The highest BCUT2D eigenvalue weighted by Crippen LogP contribution is 2.14. The predicted octanol–water partition coefficient (Wildman–Crippen LogP) is 1.08. The summed E-state index contributed by atoms with van der Waals surface area (Å²) in [7, 11) is 0. The van der Waals surface area contributed by atoms with Gasteiger partial charge in [-0.1, -0.05) is 5.16 Å². The number of nitrogens with two attached hydrogens (primary N) is 1. The molecule has 0 saturated heterocycles. The highest BCUT2D eigenvalue weighted by Gasteiger charge is 2.11. The average Bonchev–Trinajstić information content (AvgIpc) is 2.75. The van der Waals surface area contributed by atoms with E-state index in [1.807, 2.05) is 12.1 Å². The summed E-state index contributed by atoms with van der Waals surface area (Å²) in [6, 6.07) is 3.52. The number of nitrogens with zero attached hydrogens (tertiary/aromatic N) is 2. The van der Waals surface area contributed by atoms with Gasteiger partial charge < -0.3 is 15.2 Å². The van der Waals surface area contributed by atoms with Crippen LogP contribution in [0.5, 0.6) is 0 Å². The summed E-state index contributed by atoms with van der Waals surface area (Å²) in [5, 5.41) is 3.78. The smallest absolute Gasteiger partial charge is 0.243 e. The van der Waals surface area contributed by atoms with Gasteiger partial charge in [-0.3, -0.25) is 0 Å². The summed E-state index contributed by atoms with van der Waals surface area (Å²) >= 11 is 0. The van der Waals surface area contributed by atoms with E-state index in [9.17, 15) is 0 Å². The molecule has 0 spiro atoms. The number of H-pyrrole nitrogens is 1. The maximum absolute atomic E-state index is 5.57. The zero-order valence-electron chi connectivity index (χ0n) is 7.19. The first-order valence-corrected chi connectivity index (χ1v) is 4.00. The molecule has 2 aromatic heterocycles. The Morgan fingerprint density at radius 1 is 1.62 bits per heavy atom. The quantitative estimate of drug-likeness (QED) is 0.721. The van der Waals surface area contributed by atoms with Gasteiger partial charge in [-0.15, -0.1) is 0 Å². The Kier molecular flexibility index (Phi) is 1.86. The van der Waals surface area contributed by atoms with E-state index in [2.05, 4.69) is 15.1 Å². The normalized spacial score (nSPS) is 13.1. The highest BCUT2D eigenvalue weighted by molar-refractivity contribution is 5.47. The average molecular weight is 178 g/mol. The molecule has 0 bridgehead atoms. The lowest BCUT2D eigenvalue weighted by Crippen LogP contribution is -2.04. The molecule has 0 aromatic carbocycles. The topological polar surface area (TPSA) is 80.7 Å². The van der Waals surface area contributed by atoms with Gasteiger partial charge >= 0.3 is 0 Å². The van der Waals surface area contributed by atoms with Crippen molar-refractivity contribution in [2.75, 3.05) is 0 Å². The van der Waals surface area contributed by atoms with Crippen molar-refractivity contribution in [1.82, 2.24) is 15.1 Å². The number of hydrogen-bond donors (Lipinski definition) is 2. The minimum absolute atomic E-state index is 0.226. The fraction of sp³-hybridized carbons (Fsp3) is 0.250. The molecule has 0 saturated carbocycles. The summed E-state index contributed by atoms with van der Waals surface area (Å²) < 4.78 is 4.94. The van der Waals surface area contributed by atoms with Crippen LogP contribution in [-0.4, -0.2) is 15.1 Å². The first-order chi connectivity index (χ1) is 6.27. The Balaban J connectivity index is 2.33. The zero-order chi connectivity index (χ0) is 9.26. The molecule has 0 unspecified atom stereocenters. The third kappa shape index (κ3) is 1.46. The molecular formula is C8H10N4O. The van der Waals surface area contributed by atoms with Crippen molar-refractivity contribution >= 4 is 0 Å².